The summed E-state index contributed by atoms with van der Waals surface area (Å²) in [5.74, 6) is -0.780. The van der Waals surface area contributed by atoms with Gasteiger partial charge in [-0.1, -0.05) is 0 Å². The maximum atomic E-state index is 13.0. The zero-order valence-corrected chi connectivity index (χ0v) is 10.1. The largest absolute Gasteiger partial charge is 0.475 e. The molecule has 0 bridgehead atoms. The molecule has 17 heavy (non-hydrogen) atoms. The highest BCUT2D eigenvalue weighted by Crippen LogP contribution is 2.19. The van der Waals surface area contributed by atoms with Gasteiger partial charge in [0.05, 0.1) is 4.47 Å². The van der Waals surface area contributed by atoms with Gasteiger partial charge in [-0.3, -0.25) is 10.0 Å². The molecule has 5 nitrogen and oxygen atoms in total. The number of nitrogens with zero attached hydrogens (tertiary/aromatic N) is 1. The summed E-state index contributed by atoms with van der Waals surface area (Å²) in [6.07, 6.45) is 0. The number of ether oxygens (including phenoxy) is 1. The van der Waals surface area contributed by atoms with Crippen LogP contribution in [0.3, 0.4) is 0 Å². The van der Waals surface area contributed by atoms with Crippen molar-refractivity contribution in [1.29, 1.82) is 0 Å². The molecule has 1 aromatic carbocycles. The summed E-state index contributed by atoms with van der Waals surface area (Å²) in [6.45, 7) is 0.0523. The van der Waals surface area contributed by atoms with Crippen molar-refractivity contribution in [3.8, 4) is 0 Å². The van der Waals surface area contributed by atoms with E-state index in [0.717, 1.165) is 0 Å². The molecular weight excluding hydrogens is 295 g/mol. The van der Waals surface area contributed by atoms with Crippen molar-refractivity contribution in [2.24, 2.45) is 4.99 Å². The Morgan fingerprint density at radius 1 is 1.65 bits per heavy atom. The summed E-state index contributed by atoms with van der Waals surface area (Å²) in [5.41, 5.74) is 2.07. The van der Waals surface area contributed by atoms with Gasteiger partial charge in [-0.25, -0.2) is 14.9 Å². The van der Waals surface area contributed by atoms with Crippen molar-refractivity contribution in [2.75, 3.05) is 6.61 Å². The zero-order chi connectivity index (χ0) is 12.4. The first kappa shape index (κ1) is 12.0. The minimum Gasteiger partial charge on any atom is -0.475 e. The second-order valence-electron chi connectivity index (χ2n) is 3.37. The number of carbonyl (C=O) groups excluding carboxylic acids is 1. The Morgan fingerprint density at radius 3 is 3.06 bits per heavy atom. The number of halogens is 2. The molecule has 0 saturated heterocycles. The van der Waals surface area contributed by atoms with E-state index >= 15 is 0 Å². The van der Waals surface area contributed by atoms with Crippen molar-refractivity contribution in [3.05, 3.63) is 34.1 Å². The first-order valence-electron chi connectivity index (χ1n) is 4.72. The van der Waals surface area contributed by atoms with Gasteiger partial charge in [-0.05, 0) is 34.1 Å². The number of nitrogens with one attached hydrogen (secondary N) is 1. The van der Waals surface area contributed by atoms with Crippen molar-refractivity contribution in [2.45, 2.75) is 6.04 Å². The molecular formula is C10H8BrFN2O3. The average molecular weight is 303 g/mol. The van der Waals surface area contributed by atoms with E-state index in [2.05, 4.69) is 20.9 Å². The average Bonchev–Trinajstić information content (AvgIpc) is 2.81. The maximum Gasteiger partial charge on any atom is 0.271 e. The van der Waals surface area contributed by atoms with Crippen LogP contribution in [0.1, 0.15) is 5.56 Å². The van der Waals surface area contributed by atoms with Gasteiger partial charge in [0.25, 0.3) is 5.91 Å². The number of aliphatic imine (C=N–C) groups is 1. The molecule has 0 unspecified atom stereocenters. The highest BCUT2D eigenvalue weighted by Gasteiger charge is 2.26. The fraction of sp³-hybridized carbons (Fsp3) is 0.200. The third-order valence-electron chi connectivity index (χ3n) is 2.23. The minimum atomic E-state index is -0.779. The SMILES string of the molecule is O=C(NO)[C@H]1COC(c2ccc(F)c(Br)c2)=N1. The number of carbonyl (C=O) groups is 1. The van der Waals surface area contributed by atoms with Gasteiger partial charge in [0.2, 0.25) is 5.90 Å². The quantitative estimate of drug-likeness (QED) is 0.638. The van der Waals surface area contributed by atoms with Gasteiger partial charge < -0.3 is 4.74 Å². The van der Waals surface area contributed by atoms with Crippen LogP contribution in [0.4, 0.5) is 4.39 Å². The third kappa shape index (κ3) is 2.45. The number of benzene rings is 1. The maximum absolute atomic E-state index is 13.0. The Hall–Kier alpha value is -1.47. The van der Waals surface area contributed by atoms with Crippen LogP contribution in [0.25, 0.3) is 0 Å². The fourth-order valence-electron chi connectivity index (χ4n) is 1.37. The molecule has 1 atom stereocenters. The Kier molecular flexibility index (Phi) is 3.39. The Morgan fingerprint density at radius 2 is 2.41 bits per heavy atom. The summed E-state index contributed by atoms with van der Waals surface area (Å²) in [5, 5.41) is 8.45. The lowest BCUT2D eigenvalue weighted by Crippen LogP contribution is -2.31. The van der Waals surface area contributed by atoms with Crippen LogP contribution in [0.15, 0.2) is 27.7 Å². The molecule has 0 radical (unpaired) electrons. The molecule has 1 aliphatic heterocycles. The van der Waals surface area contributed by atoms with Crippen molar-refractivity contribution >= 4 is 27.7 Å². The van der Waals surface area contributed by atoms with Gasteiger partial charge in [0, 0.05) is 5.56 Å². The van der Waals surface area contributed by atoms with Crippen LogP contribution in [-0.4, -0.2) is 29.7 Å². The smallest absolute Gasteiger partial charge is 0.271 e. The molecule has 0 aromatic heterocycles. The highest BCUT2D eigenvalue weighted by atomic mass is 79.9. The molecule has 0 spiro atoms. The number of hydrogen-bond acceptors (Lipinski definition) is 4. The van der Waals surface area contributed by atoms with E-state index in [4.69, 9.17) is 9.94 Å². The van der Waals surface area contributed by atoms with E-state index in [9.17, 15) is 9.18 Å². The van der Waals surface area contributed by atoms with Gasteiger partial charge >= 0.3 is 0 Å². The predicted molar refractivity (Wildman–Crippen MR) is 60.3 cm³/mol. The fourth-order valence-corrected chi connectivity index (χ4v) is 1.75. The van der Waals surface area contributed by atoms with Crippen LogP contribution in [-0.2, 0) is 9.53 Å². The van der Waals surface area contributed by atoms with Crippen molar-refractivity contribution < 1.29 is 19.1 Å². The number of rotatable bonds is 2. The van der Waals surface area contributed by atoms with Gasteiger partial charge in [-0.15, -0.1) is 0 Å². The monoisotopic (exact) mass is 302 g/mol. The van der Waals surface area contributed by atoms with Gasteiger partial charge in [0.15, 0.2) is 6.04 Å². The van der Waals surface area contributed by atoms with E-state index in [0.29, 0.717) is 5.56 Å². The normalized spacial score (nSPS) is 18.5. The second kappa shape index (κ2) is 4.80. The van der Waals surface area contributed by atoms with Crippen LogP contribution < -0.4 is 5.48 Å². The summed E-state index contributed by atoms with van der Waals surface area (Å²) in [7, 11) is 0. The molecule has 1 amide bonds. The molecule has 1 aliphatic rings. The molecule has 0 fully saturated rings. The topological polar surface area (TPSA) is 70.9 Å². The summed E-state index contributed by atoms with van der Waals surface area (Å²) < 4.78 is 18.5. The lowest BCUT2D eigenvalue weighted by molar-refractivity contribution is -0.130. The Bertz CT molecular complexity index is 492. The van der Waals surface area contributed by atoms with Gasteiger partial charge in [-0.2, -0.15) is 0 Å². The van der Waals surface area contributed by atoms with E-state index in [1.165, 1.54) is 23.7 Å². The van der Waals surface area contributed by atoms with Crippen molar-refractivity contribution in [3.63, 3.8) is 0 Å². The molecule has 2 N–H and O–H groups in total. The molecule has 1 aromatic rings. The molecule has 7 heteroatoms. The first-order chi connectivity index (χ1) is 8.11. The van der Waals surface area contributed by atoms with Gasteiger partial charge in [0.1, 0.15) is 12.4 Å². The molecule has 2 rings (SSSR count). The predicted octanol–water partition coefficient (Wildman–Crippen LogP) is 1.24. The summed E-state index contributed by atoms with van der Waals surface area (Å²) in [4.78, 5) is 15.1. The lowest BCUT2D eigenvalue weighted by atomic mass is 10.2. The van der Waals surface area contributed by atoms with Crippen LogP contribution in [0.2, 0.25) is 0 Å². The number of hydrogen-bond donors (Lipinski definition) is 2. The van der Waals surface area contributed by atoms with Crippen molar-refractivity contribution in [1.82, 2.24) is 5.48 Å². The summed E-state index contributed by atoms with van der Waals surface area (Å²) in [6, 6.07) is 3.50. The Balaban J connectivity index is 2.24. The molecule has 1 heterocycles. The number of amides is 1. The van der Waals surface area contributed by atoms with Crippen LogP contribution in [0.5, 0.6) is 0 Å². The molecule has 0 saturated carbocycles. The minimum absolute atomic E-state index is 0.0523. The zero-order valence-electron chi connectivity index (χ0n) is 8.48. The van der Waals surface area contributed by atoms with E-state index < -0.39 is 17.8 Å². The molecule has 90 valence electrons. The van der Waals surface area contributed by atoms with E-state index in [1.807, 2.05) is 0 Å². The number of hydroxylamine groups is 1. The lowest BCUT2D eigenvalue weighted by Gasteiger charge is -2.02. The van der Waals surface area contributed by atoms with Crippen LogP contribution in [0, 0.1) is 5.82 Å². The third-order valence-corrected chi connectivity index (χ3v) is 2.84. The second-order valence-corrected chi connectivity index (χ2v) is 4.22. The molecule has 0 aliphatic carbocycles. The first-order valence-corrected chi connectivity index (χ1v) is 5.51. The highest BCUT2D eigenvalue weighted by molar-refractivity contribution is 9.10. The van der Waals surface area contributed by atoms with E-state index in [-0.39, 0.29) is 17.0 Å². The van der Waals surface area contributed by atoms with E-state index in [1.54, 1.807) is 0 Å². The van der Waals surface area contributed by atoms with Crippen LogP contribution >= 0.6 is 15.9 Å². The Labute approximate surface area is 104 Å². The standard InChI is InChI=1S/C10H8BrFN2O3/c11-6-3-5(1-2-7(6)12)10-13-8(4-17-10)9(15)14-16/h1-3,8,16H,4H2,(H,14,15)/t8-/m1/s1. The summed E-state index contributed by atoms with van der Waals surface area (Å²) >= 11 is 3.05.